The molecule has 1 nitrogen and oxygen atoms in total. The van der Waals surface area contributed by atoms with Crippen LogP contribution in [0, 0.1) is 6.42 Å². The van der Waals surface area contributed by atoms with E-state index < -0.39 is 0 Å². The van der Waals surface area contributed by atoms with Gasteiger partial charge in [-0.3, -0.25) is 0 Å². The average molecular weight is 163 g/mol. The van der Waals surface area contributed by atoms with Gasteiger partial charge in [0.15, 0.2) is 0 Å². The number of rotatable bonds is 1. The third-order valence-electron chi connectivity index (χ3n) is 0.289. The van der Waals surface area contributed by atoms with E-state index in [1.165, 1.54) is 0 Å². The van der Waals surface area contributed by atoms with Crippen LogP contribution in [0.15, 0.2) is 0 Å². The molecule has 0 radical (unpaired) electrons. The fourth-order valence-electron chi connectivity index (χ4n) is 0. The maximum Gasteiger partial charge on any atom is 2.00 e. The Bertz CT molecular complexity index is 20.5. The minimum atomic E-state index is 0. The van der Waals surface area contributed by atoms with Crippen molar-refractivity contribution >= 4 is 23.1 Å². The zero-order valence-corrected chi connectivity index (χ0v) is 8.95. The van der Waals surface area contributed by atoms with Gasteiger partial charge in [-0.05, 0) is 6.92 Å². The Morgan fingerprint density at radius 3 is 1.44 bits per heavy atom. The molecule has 9 heavy (non-hydrogen) atoms. The molecule has 0 spiro atoms. The molecule has 0 heterocycles. The van der Waals surface area contributed by atoms with Crippen molar-refractivity contribution in [2.45, 2.75) is 20.8 Å². The molecule has 0 aromatic carbocycles. The third kappa shape index (κ3) is 109. The molecule has 0 saturated heterocycles. The van der Waals surface area contributed by atoms with Crippen molar-refractivity contribution in [3.8, 4) is 0 Å². The molecule has 0 aliphatic rings. The molecule has 0 fully saturated rings. The Morgan fingerprint density at radius 2 is 1.44 bits per heavy atom. The van der Waals surface area contributed by atoms with Crippen LogP contribution >= 0.6 is 0 Å². The number of methoxy groups -OCH3 is 1. The molecule has 0 aliphatic heterocycles. The molecule has 0 aliphatic carbocycles. The van der Waals surface area contributed by atoms with Crippen LogP contribution in [0.2, 0.25) is 0 Å². The Balaban J connectivity index is -0.0000000233. The van der Waals surface area contributed by atoms with Gasteiger partial charge in [0.1, 0.15) is 0 Å². The number of hydrogen-bond acceptors (Lipinski definition) is 1. The predicted octanol–water partition coefficient (Wildman–Crippen LogP) is -1.49. The Kier molecular flexibility index (Phi) is 89.8. The van der Waals surface area contributed by atoms with Crippen molar-refractivity contribution in [2.24, 2.45) is 0 Å². The van der Waals surface area contributed by atoms with Gasteiger partial charge in [-0.15, -0.1) is 0 Å². The molecule has 0 unspecified atom stereocenters. The van der Waals surface area contributed by atoms with E-state index in [2.05, 4.69) is 4.74 Å². The average Bonchev–Trinajstić information content (AvgIpc) is 1.69. The van der Waals surface area contributed by atoms with Gasteiger partial charge in [0, 0.05) is 13.7 Å². The van der Waals surface area contributed by atoms with E-state index in [9.17, 15) is 0 Å². The van der Waals surface area contributed by atoms with E-state index in [1.807, 2.05) is 27.2 Å². The first kappa shape index (κ1) is 22.5. The monoisotopic (exact) mass is 162 g/mol. The van der Waals surface area contributed by atoms with Gasteiger partial charge < -0.3 is 23.6 Å². The zero-order valence-electron chi connectivity index (χ0n) is 6.78. The van der Waals surface area contributed by atoms with Crippen molar-refractivity contribution in [3.05, 3.63) is 6.42 Å². The summed E-state index contributed by atoms with van der Waals surface area (Å²) < 4.78 is 4.54. The molecule has 0 aromatic rings. The molecule has 0 rings (SSSR count). The van der Waals surface area contributed by atoms with E-state index in [4.69, 9.17) is 0 Å². The minimum absolute atomic E-state index is 0. The maximum atomic E-state index is 4.54. The second kappa shape index (κ2) is 35.9. The van der Waals surface area contributed by atoms with Gasteiger partial charge in [-0.1, -0.05) is 0 Å². The second-order valence-corrected chi connectivity index (χ2v) is 1.15. The summed E-state index contributed by atoms with van der Waals surface area (Å²) in [7, 11) is 1.68. The standard InChI is InChI=1S/C3H8O.C3H7.ClH.Mg/c1-3-4-2;1-3-2;;/h3H2,1-2H3;3H,1-2H3;1H;/q;-1;;+2/p-1. The third-order valence-corrected chi connectivity index (χ3v) is 0.289. The summed E-state index contributed by atoms with van der Waals surface area (Å²) in [5.41, 5.74) is 0. The molecule has 0 atom stereocenters. The quantitative estimate of drug-likeness (QED) is 0.338. The number of ether oxygens (including phenoxy) is 1. The smallest absolute Gasteiger partial charge is 1.00 e. The van der Waals surface area contributed by atoms with Crippen LogP contribution < -0.4 is 12.4 Å². The van der Waals surface area contributed by atoms with Gasteiger partial charge >= 0.3 is 23.1 Å². The summed E-state index contributed by atoms with van der Waals surface area (Å²) in [5, 5.41) is 0. The largest absolute Gasteiger partial charge is 2.00 e. The zero-order chi connectivity index (χ0) is 6.12. The van der Waals surface area contributed by atoms with Crippen molar-refractivity contribution in [1.82, 2.24) is 0 Å². The fraction of sp³-hybridized carbons (Fsp3) is 0.833. The number of halogens is 1. The fourth-order valence-corrected chi connectivity index (χ4v) is 0. The maximum absolute atomic E-state index is 4.54. The topological polar surface area (TPSA) is 9.23 Å². The van der Waals surface area contributed by atoms with Crippen LogP contribution in [0.1, 0.15) is 20.8 Å². The Hall–Kier alpha value is 1.02. The van der Waals surface area contributed by atoms with Crippen LogP contribution in [0.25, 0.3) is 0 Å². The van der Waals surface area contributed by atoms with Gasteiger partial charge in [0.2, 0.25) is 0 Å². The van der Waals surface area contributed by atoms with E-state index >= 15 is 0 Å². The van der Waals surface area contributed by atoms with Crippen LogP contribution in [0.5, 0.6) is 0 Å². The molecule has 3 heteroatoms. The minimum Gasteiger partial charge on any atom is -1.00 e. The van der Waals surface area contributed by atoms with Crippen LogP contribution in [0.3, 0.4) is 0 Å². The molecule has 0 N–H and O–H groups in total. The SMILES string of the molecule is CCOC.C[CH-]C.[Cl-].[Mg+2]. The van der Waals surface area contributed by atoms with E-state index in [0.29, 0.717) is 0 Å². The molecule has 0 aromatic heterocycles. The summed E-state index contributed by atoms with van der Waals surface area (Å²) >= 11 is 0. The Morgan fingerprint density at radius 1 is 1.33 bits per heavy atom. The summed E-state index contributed by atoms with van der Waals surface area (Å²) in [6.07, 6.45) is 2.00. The van der Waals surface area contributed by atoms with Crippen molar-refractivity contribution in [3.63, 3.8) is 0 Å². The van der Waals surface area contributed by atoms with Gasteiger partial charge in [-0.25, -0.2) is 0 Å². The predicted molar refractivity (Wildman–Crippen MR) is 39.0 cm³/mol. The van der Waals surface area contributed by atoms with Crippen LogP contribution in [-0.2, 0) is 4.74 Å². The molecule has 0 amide bonds. The Labute approximate surface area is 81.1 Å². The van der Waals surface area contributed by atoms with Gasteiger partial charge in [-0.2, -0.15) is 13.8 Å². The summed E-state index contributed by atoms with van der Waals surface area (Å²) in [6, 6.07) is 0. The van der Waals surface area contributed by atoms with Crippen molar-refractivity contribution in [1.29, 1.82) is 0 Å². The molecule has 54 valence electrons. The molecular formula is C6H15ClMgO. The first-order valence-corrected chi connectivity index (χ1v) is 2.56. The summed E-state index contributed by atoms with van der Waals surface area (Å²) in [5.74, 6) is 0. The summed E-state index contributed by atoms with van der Waals surface area (Å²) in [4.78, 5) is 0. The number of hydrogen-bond donors (Lipinski definition) is 0. The van der Waals surface area contributed by atoms with Crippen molar-refractivity contribution < 1.29 is 17.1 Å². The van der Waals surface area contributed by atoms with E-state index in [0.717, 1.165) is 6.61 Å². The normalized spacial score (nSPS) is 5.33. The van der Waals surface area contributed by atoms with Gasteiger partial charge in [0.25, 0.3) is 0 Å². The van der Waals surface area contributed by atoms with E-state index in [1.54, 1.807) is 7.11 Å². The first-order chi connectivity index (χ1) is 3.33. The van der Waals surface area contributed by atoms with Gasteiger partial charge in [0.05, 0.1) is 0 Å². The van der Waals surface area contributed by atoms with Crippen molar-refractivity contribution in [2.75, 3.05) is 13.7 Å². The second-order valence-electron chi connectivity index (χ2n) is 1.15. The first-order valence-electron chi connectivity index (χ1n) is 2.56. The molecule has 0 bridgehead atoms. The molecular weight excluding hydrogens is 148 g/mol. The summed E-state index contributed by atoms with van der Waals surface area (Å²) in [6.45, 7) is 6.78. The van der Waals surface area contributed by atoms with Crippen LogP contribution in [-0.4, -0.2) is 36.8 Å². The van der Waals surface area contributed by atoms with Crippen LogP contribution in [0.4, 0.5) is 0 Å². The van der Waals surface area contributed by atoms with E-state index in [-0.39, 0.29) is 35.5 Å². The molecule has 0 saturated carbocycles.